The van der Waals surface area contributed by atoms with Crippen LogP contribution in [0.25, 0.3) is 0 Å². The maximum absolute atomic E-state index is 12.1. The molecular formula is C16H21NO3. The minimum Gasteiger partial charge on any atom is -0.478 e. The molecule has 1 saturated carbocycles. The van der Waals surface area contributed by atoms with Crippen molar-refractivity contribution in [2.45, 2.75) is 27.7 Å². The first-order chi connectivity index (χ1) is 9.19. The molecule has 0 aromatic heterocycles. The minimum atomic E-state index is -1.08. The smallest absolute Gasteiger partial charge is 0.336 e. The predicted octanol–water partition coefficient (Wildman–Crippen LogP) is 2.80. The lowest BCUT2D eigenvalue weighted by Crippen LogP contribution is -2.28. The number of rotatable bonds is 4. The highest BCUT2D eigenvalue weighted by Crippen LogP contribution is 2.67. The van der Waals surface area contributed by atoms with Crippen molar-refractivity contribution in [3.63, 3.8) is 0 Å². The van der Waals surface area contributed by atoms with E-state index in [2.05, 4.69) is 33.0 Å². The van der Waals surface area contributed by atoms with Crippen molar-refractivity contribution in [1.29, 1.82) is 0 Å². The lowest BCUT2D eigenvalue weighted by molar-refractivity contribution is 0.0691. The second-order valence-corrected chi connectivity index (χ2v) is 6.56. The van der Waals surface area contributed by atoms with E-state index in [1.54, 1.807) is 18.2 Å². The number of hydrogen-bond acceptors (Lipinski definition) is 2. The molecular weight excluding hydrogens is 254 g/mol. The van der Waals surface area contributed by atoms with Crippen molar-refractivity contribution in [2.24, 2.45) is 16.7 Å². The van der Waals surface area contributed by atoms with Gasteiger partial charge in [-0.1, -0.05) is 39.8 Å². The van der Waals surface area contributed by atoms with E-state index in [0.717, 1.165) is 0 Å². The van der Waals surface area contributed by atoms with E-state index in [1.165, 1.54) is 6.07 Å². The highest BCUT2D eigenvalue weighted by Gasteiger charge is 2.64. The first kappa shape index (κ1) is 14.6. The zero-order chi connectivity index (χ0) is 15.1. The van der Waals surface area contributed by atoms with Gasteiger partial charge in [-0.3, -0.25) is 4.79 Å². The quantitative estimate of drug-likeness (QED) is 0.888. The Hall–Kier alpha value is -1.84. The van der Waals surface area contributed by atoms with Crippen LogP contribution in [-0.4, -0.2) is 23.5 Å². The molecule has 2 N–H and O–H groups in total. The zero-order valence-corrected chi connectivity index (χ0v) is 12.4. The topological polar surface area (TPSA) is 66.4 Å². The fourth-order valence-electron chi connectivity index (χ4n) is 3.00. The normalized spacial score (nSPS) is 19.4. The monoisotopic (exact) mass is 275 g/mol. The number of amides is 1. The number of hydrogen-bond donors (Lipinski definition) is 2. The molecule has 4 heteroatoms. The van der Waals surface area contributed by atoms with Crippen LogP contribution in [0.3, 0.4) is 0 Å². The van der Waals surface area contributed by atoms with Crippen LogP contribution in [-0.2, 0) is 0 Å². The van der Waals surface area contributed by atoms with E-state index in [-0.39, 0.29) is 27.9 Å². The largest absolute Gasteiger partial charge is 0.478 e. The fourth-order valence-corrected chi connectivity index (χ4v) is 3.00. The molecule has 1 fully saturated rings. The van der Waals surface area contributed by atoms with Gasteiger partial charge >= 0.3 is 5.97 Å². The number of benzene rings is 1. The molecule has 0 spiro atoms. The SMILES string of the molecule is CC1(C)C(CNC(=O)c2ccccc2C(=O)O)C1(C)C. The van der Waals surface area contributed by atoms with Crippen LogP contribution < -0.4 is 5.32 Å². The lowest BCUT2D eigenvalue weighted by Gasteiger charge is -2.08. The van der Waals surface area contributed by atoms with E-state index >= 15 is 0 Å². The van der Waals surface area contributed by atoms with Crippen LogP contribution in [0.1, 0.15) is 48.4 Å². The molecule has 20 heavy (non-hydrogen) atoms. The number of carbonyl (C=O) groups is 2. The number of aromatic carboxylic acids is 1. The molecule has 1 aliphatic carbocycles. The van der Waals surface area contributed by atoms with Gasteiger partial charge in [-0.2, -0.15) is 0 Å². The third-order valence-corrected chi connectivity index (χ3v) is 5.19. The molecule has 1 amide bonds. The van der Waals surface area contributed by atoms with Crippen molar-refractivity contribution in [2.75, 3.05) is 6.54 Å². The Kier molecular flexibility index (Phi) is 3.36. The molecule has 0 saturated heterocycles. The van der Waals surface area contributed by atoms with Crippen LogP contribution >= 0.6 is 0 Å². The van der Waals surface area contributed by atoms with Crippen LogP contribution in [0.5, 0.6) is 0 Å². The lowest BCUT2D eigenvalue weighted by atomic mass is 10.0. The van der Waals surface area contributed by atoms with Gasteiger partial charge in [0.05, 0.1) is 11.1 Å². The highest BCUT2D eigenvalue weighted by molar-refractivity contribution is 6.04. The van der Waals surface area contributed by atoms with Gasteiger partial charge in [0.25, 0.3) is 5.91 Å². The first-order valence-electron chi connectivity index (χ1n) is 6.80. The summed E-state index contributed by atoms with van der Waals surface area (Å²) in [6.07, 6.45) is 0. The standard InChI is InChI=1S/C16H21NO3/c1-15(2)12(16(15,3)4)9-17-13(18)10-7-5-6-8-11(10)14(19)20/h5-8,12H,9H2,1-4H3,(H,17,18)(H,19,20). The van der Waals surface area contributed by atoms with Crippen molar-refractivity contribution in [3.05, 3.63) is 35.4 Å². The second kappa shape index (κ2) is 4.62. The Labute approximate surface area is 119 Å². The van der Waals surface area contributed by atoms with E-state index in [4.69, 9.17) is 5.11 Å². The number of carbonyl (C=O) groups excluding carboxylic acids is 1. The second-order valence-electron chi connectivity index (χ2n) is 6.56. The molecule has 1 aromatic rings. The maximum Gasteiger partial charge on any atom is 0.336 e. The van der Waals surface area contributed by atoms with Gasteiger partial charge in [-0.05, 0) is 28.9 Å². The Bertz CT molecular complexity index is 547. The summed E-state index contributed by atoms with van der Waals surface area (Å²) in [5.74, 6) is -0.986. The van der Waals surface area contributed by atoms with Gasteiger partial charge in [-0.15, -0.1) is 0 Å². The Morgan fingerprint density at radius 3 is 2.05 bits per heavy atom. The molecule has 0 unspecified atom stereocenters. The predicted molar refractivity (Wildman–Crippen MR) is 76.8 cm³/mol. The number of carboxylic acids is 1. The summed E-state index contributed by atoms with van der Waals surface area (Å²) < 4.78 is 0. The summed E-state index contributed by atoms with van der Waals surface area (Å²) in [7, 11) is 0. The Balaban J connectivity index is 2.06. The van der Waals surface area contributed by atoms with E-state index in [1.807, 2.05) is 0 Å². The third kappa shape index (κ3) is 2.19. The molecule has 1 aliphatic rings. The number of nitrogens with one attached hydrogen (secondary N) is 1. The van der Waals surface area contributed by atoms with E-state index in [9.17, 15) is 9.59 Å². The number of carboxylic acid groups (broad SMARTS) is 1. The fraction of sp³-hybridized carbons (Fsp3) is 0.500. The van der Waals surface area contributed by atoms with Gasteiger partial charge in [0.1, 0.15) is 0 Å². The summed E-state index contributed by atoms with van der Waals surface area (Å²) in [5, 5.41) is 12.0. The zero-order valence-electron chi connectivity index (χ0n) is 12.4. The van der Waals surface area contributed by atoms with Crippen LogP contribution in [0, 0.1) is 16.7 Å². The summed E-state index contributed by atoms with van der Waals surface area (Å²) in [5.41, 5.74) is 0.662. The minimum absolute atomic E-state index is 0.0410. The average Bonchev–Trinajstić information content (AvgIpc) is 2.76. The Morgan fingerprint density at radius 2 is 1.60 bits per heavy atom. The Morgan fingerprint density at radius 1 is 1.10 bits per heavy atom. The van der Waals surface area contributed by atoms with Gasteiger partial charge in [0.15, 0.2) is 0 Å². The van der Waals surface area contributed by atoms with E-state index in [0.29, 0.717) is 12.5 Å². The first-order valence-corrected chi connectivity index (χ1v) is 6.80. The van der Waals surface area contributed by atoms with Crippen LogP contribution in [0.2, 0.25) is 0 Å². The molecule has 0 bridgehead atoms. The molecule has 0 atom stereocenters. The molecule has 108 valence electrons. The van der Waals surface area contributed by atoms with Gasteiger partial charge < -0.3 is 10.4 Å². The van der Waals surface area contributed by atoms with Crippen molar-refractivity contribution < 1.29 is 14.7 Å². The summed E-state index contributed by atoms with van der Waals surface area (Å²) >= 11 is 0. The maximum atomic E-state index is 12.1. The van der Waals surface area contributed by atoms with Gasteiger partial charge in [0, 0.05) is 6.54 Å². The third-order valence-electron chi connectivity index (χ3n) is 5.19. The van der Waals surface area contributed by atoms with Crippen LogP contribution in [0.4, 0.5) is 0 Å². The summed E-state index contributed by atoms with van der Waals surface area (Å²) in [6.45, 7) is 9.33. The molecule has 0 heterocycles. The van der Waals surface area contributed by atoms with Gasteiger partial charge in [-0.25, -0.2) is 4.79 Å². The average molecular weight is 275 g/mol. The van der Waals surface area contributed by atoms with E-state index < -0.39 is 5.97 Å². The van der Waals surface area contributed by atoms with Crippen molar-refractivity contribution in [3.8, 4) is 0 Å². The summed E-state index contributed by atoms with van der Waals surface area (Å²) in [6, 6.07) is 6.28. The van der Waals surface area contributed by atoms with Crippen LogP contribution in [0.15, 0.2) is 24.3 Å². The summed E-state index contributed by atoms with van der Waals surface area (Å²) in [4.78, 5) is 23.3. The molecule has 1 aromatic carbocycles. The van der Waals surface area contributed by atoms with Gasteiger partial charge in [0.2, 0.25) is 0 Å². The molecule has 0 aliphatic heterocycles. The highest BCUT2D eigenvalue weighted by atomic mass is 16.4. The van der Waals surface area contributed by atoms with Crippen molar-refractivity contribution >= 4 is 11.9 Å². The molecule has 4 nitrogen and oxygen atoms in total. The molecule has 0 radical (unpaired) electrons. The molecule has 2 rings (SSSR count). The van der Waals surface area contributed by atoms with Crippen molar-refractivity contribution in [1.82, 2.24) is 5.32 Å².